The van der Waals surface area contributed by atoms with E-state index in [2.05, 4.69) is 10.4 Å². The van der Waals surface area contributed by atoms with Crippen molar-refractivity contribution in [3.63, 3.8) is 0 Å². The number of anilines is 1. The fraction of sp³-hybridized carbons (Fsp3) is 0.231. The van der Waals surface area contributed by atoms with Gasteiger partial charge in [-0.2, -0.15) is 5.10 Å². The number of nitrogens with zero attached hydrogens (tertiary/aromatic N) is 2. The lowest BCUT2D eigenvalue weighted by molar-refractivity contribution is -0.141. The Kier molecular flexibility index (Phi) is 4.06. The molecule has 0 aliphatic rings. The van der Waals surface area contributed by atoms with Gasteiger partial charge in [0.15, 0.2) is 6.04 Å². The van der Waals surface area contributed by atoms with Crippen LogP contribution in [-0.4, -0.2) is 22.9 Å². The van der Waals surface area contributed by atoms with E-state index >= 15 is 0 Å². The van der Waals surface area contributed by atoms with Gasteiger partial charge >= 0.3 is 5.97 Å². The van der Waals surface area contributed by atoms with Crippen LogP contribution in [0.5, 0.6) is 0 Å². The molecule has 100 valence electrons. The number of benzene rings is 1. The molecule has 1 atom stereocenters. The first-order valence-corrected chi connectivity index (χ1v) is 6.06. The Morgan fingerprint density at radius 2 is 2.32 bits per heavy atom. The first-order chi connectivity index (χ1) is 9.10. The third-order valence-electron chi connectivity index (χ3n) is 2.63. The molecule has 1 heterocycles. The van der Waals surface area contributed by atoms with Gasteiger partial charge in [0.1, 0.15) is 0 Å². The minimum Gasteiger partial charge on any atom is -0.467 e. The van der Waals surface area contributed by atoms with E-state index in [-0.39, 0.29) is 5.97 Å². The highest BCUT2D eigenvalue weighted by atomic mass is 35.5. The van der Waals surface area contributed by atoms with Gasteiger partial charge in [0.25, 0.3) is 0 Å². The monoisotopic (exact) mass is 279 g/mol. The van der Waals surface area contributed by atoms with Crippen molar-refractivity contribution in [2.24, 2.45) is 7.05 Å². The lowest BCUT2D eigenvalue weighted by Crippen LogP contribution is -2.21. The van der Waals surface area contributed by atoms with Crippen LogP contribution in [0.3, 0.4) is 0 Å². The maximum absolute atomic E-state index is 11.9. The van der Waals surface area contributed by atoms with Gasteiger partial charge in [-0.15, -0.1) is 0 Å². The Balaban J connectivity index is 2.26. The highest BCUT2D eigenvalue weighted by Crippen LogP contribution is 2.22. The summed E-state index contributed by atoms with van der Waals surface area (Å²) in [6, 6.07) is 6.54. The Morgan fingerprint density at radius 1 is 1.53 bits per heavy atom. The van der Waals surface area contributed by atoms with E-state index in [1.165, 1.54) is 7.11 Å². The van der Waals surface area contributed by atoms with Crippen molar-refractivity contribution in [2.75, 3.05) is 12.4 Å². The lowest BCUT2D eigenvalue weighted by atomic mass is 10.1. The molecular formula is C13H14ClN3O2. The molecule has 0 radical (unpaired) electrons. The molecule has 0 bridgehead atoms. The quantitative estimate of drug-likeness (QED) is 0.873. The average Bonchev–Trinajstić information content (AvgIpc) is 2.81. The number of methoxy groups -OCH3 is 1. The molecular weight excluding hydrogens is 266 g/mol. The van der Waals surface area contributed by atoms with Crippen molar-refractivity contribution in [3.05, 3.63) is 47.2 Å². The van der Waals surface area contributed by atoms with Crippen molar-refractivity contribution >= 4 is 23.3 Å². The van der Waals surface area contributed by atoms with Crippen LogP contribution < -0.4 is 5.32 Å². The van der Waals surface area contributed by atoms with Crippen LogP contribution in [-0.2, 0) is 16.6 Å². The van der Waals surface area contributed by atoms with Crippen LogP contribution in [0.4, 0.5) is 5.69 Å². The number of carbonyl (C=O) groups excluding carboxylic acids is 1. The number of rotatable bonds is 4. The summed E-state index contributed by atoms with van der Waals surface area (Å²) in [5.41, 5.74) is 1.47. The molecule has 0 fully saturated rings. The molecule has 0 saturated carbocycles. The molecule has 2 aromatic rings. The van der Waals surface area contributed by atoms with Gasteiger partial charge in [-0.05, 0) is 18.2 Å². The van der Waals surface area contributed by atoms with Gasteiger partial charge in [0.2, 0.25) is 0 Å². The van der Waals surface area contributed by atoms with Crippen molar-refractivity contribution in [2.45, 2.75) is 6.04 Å². The van der Waals surface area contributed by atoms with Gasteiger partial charge in [0.05, 0.1) is 13.3 Å². The Labute approximate surface area is 116 Å². The van der Waals surface area contributed by atoms with E-state index in [4.69, 9.17) is 16.3 Å². The minimum atomic E-state index is -0.614. The molecule has 1 aromatic carbocycles. The summed E-state index contributed by atoms with van der Waals surface area (Å²) in [5, 5.41) is 7.74. The minimum absolute atomic E-state index is 0.382. The number of ether oxygens (including phenoxy) is 1. The second kappa shape index (κ2) is 5.75. The molecule has 0 spiro atoms. The van der Waals surface area contributed by atoms with Gasteiger partial charge in [0, 0.05) is 29.5 Å². The van der Waals surface area contributed by atoms with Crippen molar-refractivity contribution in [1.29, 1.82) is 0 Å². The molecule has 5 nitrogen and oxygen atoms in total. The van der Waals surface area contributed by atoms with E-state index in [9.17, 15) is 4.79 Å². The largest absolute Gasteiger partial charge is 0.467 e. The molecule has 2 rings (SSSR count). The topological polar surface area (TPSA) is 56.1 Å². The summed E-state index contributed by atoms with van der Waals surface area (Å²) in [4.78, 5) is 11.9. The maximum atomic E-state index is 11.9. The number of aromatic nitrogens is 2. The van der Waals surface area contributed by atoms with Crippen molar-refractivity contribution < 1.29 is 9.53 Å². The summed E-state index contributed by atoms with van der Waals surface area (Å²) >= 11 is 5.92. The summed E-state index contributed by atoms with van der Waals surface area (Å²) in [6.45, 7) is 0. The molecule has 6 heteroatoms. The summed E-state index contributed by atoms with van der Waals surface area (Å²) in [6.07, 6.45) is 3.39. The third kappa shape index (κ3) is 3.26. The maximum Gasteiger partial charge on any atom is 0.333 e. The van der Waals surface area contributed by atoms with Gasteiger partial charge in [-0.3, -0.25) is 4.68 Å². The fourth-order valence-corrected chi connectivity index (χ4v) is 1.92. The number of nitrogens with one attached hydrogen (secondary N) is 1. The van der Waals surface area contributed by atoms with E-state index in [0.29, 0.717) is 5.02 Å². The molecule has 0 amide bonds. The van der Waals surface area contributed by atoms with E-state index < -0.39 is 6.04 Å². The molecule has 19 heavy (non-hydrogen) atoms. The average molecular weight is 280 g/mol. The number of halogens is 1. The standard InChI is InChI=1S/C13H14ClN3O2/c1-17-8-9(7-15-17)12(13(18)19-2)16-11-5-3-4-10(14)6-11/h3-8,12,16H,1-2H3. The van der Waals surface area contributed by atoms with Gasteiger partial charge in [-0.25, -0.2) is 4.79 Å². The molecule has 0 aliphatic carbocycles. The third-order valence-corrected chi connectivity index (χ3v) is 2.87. The second-order valence-corrected chi connectivity index (χ2v) is 4.49. The van der Waals surface area contributed by atoms with Gasteiger partial charge < -0.3 is 10.1 Å². The predicted octanol–water partition coefficient (Wildman–Crippen LogP) is 2.40. The van der Waals surface area contributed by atoms with Crippen LogP contribution in [0.15, 0.2) is 36.7 Å². The van der Waals surface area contributed by atoms with E-state index in [1.54, 1.807) is 36.3 Å². The van der Waals surface area contributed by atoms with Crippen LogP contribution in [0.25, 0.3) is 0 Å². The molecule has 1 aromatic heterocycles. The first kappa shape index (κ1) is 13.4. The number of aryl methyl sites for hydroxylation is 1. The summed E-state index contributed by atoms with van der Waals surface area (Å²) in [7, 11) is 3.14. The Bertz CT molecular complexity index is 583. The zero-order valence-electron chi connectivity index (χ0n) is 10.6. The lowest BCUT2D eigenvalue weighted by Gasteiger charge is -2.16. The molecule has 1 unspecified atom stereocenters. The highest BCUT2D eigenvalue weighted by molar-refractivity contribution is 6.30. The molecule has 0 saturated heterocycles. The second-order valence-electron chi connectivity index (χ2n) is 4.06. The summed E-state index contributed by atoms with van der Waals surface area (Å²) in [5.74, 6) is -0.382. The number of carbonyl (C=O) groups is 1. The van der Waals surface area contributed by atoms with Gasteiger partial charge in [-0.1, -0.05) is 17.7 Å². The van der Waals surface area contributed by atoms with Crippen LogP contribution in [0, 0.1) is 0 Å². The zero-order valence-corrected chi connectivity index (χ0v) is 11.4. The smallest absolute Gasteiger partial charge is 0.333 e. The number of hydrogen-bond donors (Lipinski definition) is 1. The fourth-order valence-electron chi connectivity index (χ4n) is 1.73. The number of esters is 1. The first-order valence-electron chi connectivity index (χ1n) is 5.68. The van der Waals surface area contributed by atoms with Crippen molar-refractivity contribution in [1.82, 2.24) is 9.78 Å². The van der Waals surface area contributed by atoms with Crippen LogP contribution in [0.2, 0.25) is 5.02 Å². The Morgan fingerprint density at radius 3 is 2.89 bits per heavy atom. The zero-order chi connectivity index (χ0) is 13.8. The summed E-state index contributed by atoms with van der Waals surface area (Å²) < 4.78 is 6.44. The van der Waals surface area contributed by atoms with Crippen molar-refractivity contribution in [3.8, 4) is 0 Å². The van der Waals surface area contributed by atoms with E-state index in [1.807, 2.05) is 12.1 Å². The van der Waals surface area contributed by atoms with Crippen LogP contribution >= 0.6 is 11.6 Å². The highest BCUT2D eigenvalue weighted by Gasteiger charge is 2.22. The normalized spacial score (nSPS) is 11.9. The number of hydrogen-bond acceptors (Lipinski definition) is 4. The molecule has 1 N–H and O–H groups in total. The Hall–Kier alpha value is -2.01. The predicted molar refractivity (Wildman–Crippen MR) is 73.0 cm³/mol. The van der Waals surface area contributed by atoms with Crippen LogP contribution in [0.1, 0.15) is 11.6 Å². The SMILES string of the molecule is COC(=O)C(Nc1cccc(Cl)c1)c1cnn(C)c1. The van der Waals surface area contributed by atoms with E-state index in [0.717, 1.165) is 11.3 Å². The molecule has 0 aliphatic heterocycles.